The minimum Gasteiger partial charge on any atom is -0.483 e. The van der Waals surface area contributed by atoms with Crippen LogP contribution in [0.5, 0.6) is 5.75 Å². The van der Waals surface area contributed by atoms with E-state index in [1.165, 1.54) is 0 Å². The number of halogens is 1. The molecule has 2 N–H and O–H groups in total. The minimum atomic E-state index is -0.391. The average molecular weight is 398 g/mol. The fraction of sp³-hybridized carbons (Fsp3) is 0.471. The lowest BCUT2D eigenvalue weighted by molar-refractivity contribution is -0.123. The van der Waals surface area contributed by atoms with E-state index in [1.54, 1.807) is 13.0 Å². The van der Waals surface area contributed by atoms with Gasteiger partial charge < -0.3 is 10.1 Å². The van der Waals surface area contributed by atoms with Crippen molar-refractivity contribution < 1.29 is 14.3 Å². The number of hydrogen-bond donors (Lipinski definition) is 2. The lowest BCUT2D eigenvalue weighted by atomic mass is 10.1. The van der Waals surface area contributed by atoms with Gasteiger partial charge in [0.2, 0.25) is 5.91 Å². The molecule has 0 heterocycles. The van der Waals surface area contributed by atoms with E-state index >= 15 is 0 Å². The van der Waals surface area contributed by atoms with Crippen molar-refractivity contribution in [1.29, 1.82) is 0 Å². The number of hydrogen-bond acceptors (Lipinski definition) is 4. The molecule has 0 fully saturated rings. The van der Waals surface area contributed by atoms with Crippen molar-refractivity contribution in [2.24, 2.45) is 5.10 Å². The second-order valence-electron chi connectivity index (χ2n) is 6.58. The van der Waals surface area contributed by atoms with Gasteiger partial charge in [-0.15, -0.1) is 0 Å². The summed E-state index contributed by atoms with van der Waals surface area (Å²) >= 11 is 3.38. The summed E-state index contributed by atoms with van der Waals surface area (Å²) in [4.78, 5) is 23.5. The van der Waals surface area contributed by atoms with Crippen molar-refractivity contribution >= 4 is 33.5 Å². The molecule has 1 aromatic rings. The molecule has 0 unspecified atom stereocenters. The number of nitrogens with zero attached hydrogens (tertiary/aromatic N) is 1. The summed E-state index contributed by atoms with van der Waals surface area (Å²) in [7, 11) is 0. The van der Waals surface area contributed by atoms with Crippen LogP contribution in [0.1, 0.15) is 39.7 Å². The number of benzene rings is 1. The highest BCUT2D eigenvalue weighted by atomic mass is 79.9. The third-order valence-electron chi connectivity index (χ3n) is 2.75. The molecule has 0 aliphatic rings. The van der Waals surface area contributed by atoms with Gasteiger partial charge in [0.1, 0.15) is 5.75 Å². The topological polar surface area (TPSA) is 79.8 Å². The Labute approximate surface area is 151 Å². The van der Waals surface area contributed by atoms with Gasteiger partial charge in [0.05, 0.1) is 10.9 Å². The Hall–Kier alpha value is -1.89. The Kier molecular flexibility index (Phi) is 7.41. The normalized spacial score (nSPS) is 11.8. The van der Waals surface area contributed by atoms with E-state index < -0.39 is 5.91 Å². The Morgan fingerprint density at radius 2 is 1.92 bits per heavy atom. The molecule has 0 aliphatic heterocycles. The molecule has 132 valence electrons. The molecular weight excluding hydrogens is 374 g/mol. The maximum absolute atomic E-state index is 11.8. The monoisotopic (exact) mass is 397 g/mol. The molecule has 1 rings (SSSR count). The molecule has 0 aromatic heterocycles. The molecule has 0 saturated carbocycles. The largest absolute Gasteiger partial charge is 0.483 e. The first kappa shape index (κ1) is 20.2. The van der Waals surface area contributed by atoms with Gasteiger partial charge >= 0.3 is 0 Å². The summed E-state index contributed by atoms with van der Waals surface area (Å²) in [5, 5.41) is 6.74. The molecule has 0 radical (unpaired) electrons. The lowest BCUT2D eigenvalue weighted by Gasteiger charge is -2.20. The zero-order valence-corrected chi connectivity index (χ0v) is 16.3. The summed E-state index contributed by atoms with van der Waals surface area (Å²) < 4.78 is 6.21. The highest BCUT2D eigenvalue weighted by molar-refractivity contribution is 9.10. The number of carbonyl (C=O) groups excluding carboxylic acids is 2. The molecule has 6 nitrogen and oxygen atoms in total. The van der Waals surface area contributed by atoms with E-state index in [0.29, 0.717) is 11.5 Å². The number of amides is 2. The quantitative estimate of drug-likeness (QED) is 0.571. The highest BCUT2D eigenvalue weighted by Gasteiger charge is 2.14. The summed E-state index contributed by atoms with van der Waals surface area (Å²) in [5.74, 6) is 0.0527. The molecule has 0 spiro atoms. The van der Waals surface area contributed by atoms with Crippen LogP contribution < -0.4 is 15.5 Å². The van der Waals surface area contributed by atoms with Gasteiger partial charge in [0, 0.05) is 11.3 Å². The Morgan fingerprint density at radius 3 is 2.50 bits per heavy atom. The lowest BCUT2D eigenvalue weighted by Crippen LogP contribution is -2.41. The second-order valence-corrected chi connectivity index (χ2v) is 7.43. The summed E-state index contributed by atoms with van der Waals surface area (Å²) in [6.45, 7) is 9.19. The number of carbonyl (C=O) groups is 2. The second kappa shape index (κ2) is 8.82. The summed E-state index contributed by atoms with van der Waals surface area (Å²) in [6, 6.07) is 5.59. The Bertz CT molecular complexity index is 636. The van der Waals surface area contributed by atoms with Crippen LogP contribution in [0.25, 0.3) is 0 Å². The Morgan fingerprint density at radius 1 is 1.25 bits per heavy atom. The maximum Gasteiger partial charge on any atom is 0.277 e. The molecule has 0 bridgehead atoms. The first-order valence-electron chi connectivity index (χ1n) is 7.59. The van der Waals surface area contributed by atoms with E-state index in [0.717, 1.165) is 10.0 Å². The van der Waals surface area contributed by atoms with Crippen LogP contribution in [-0.4, -0.2) is 29.7 Å². The third-order valence-corrected chi connectivity index (χ3v) is 3.37. The number of rotatable bonds is 6. The molecule has 7 heteroatoms. The first-order chi connectivity index (χ1) is 11.1. The molecule has 1 aromatic carbocycles. The van der Waals surface area contributed by atoms with E-state index in [2.05, 4.69) is 31.8 Å². The van der Waals surface area contributed by atoms with Crippen LogP contribution in [-0.2, 0) is 9.59 Å². The fourth-order valence-electron chi connectivity index (χ4n) is 1.79. The summed E-state index contributed by atoms with van der Waals surface area (Å²) in [6.07, 6.45) is 0.127. The number of aryl methyl sites for hydroxylation is 1. The average Bonchev–Trinajstić information content (AvgIpc) is 2.42. The van der Waals surface area contributed by atoms with Crippen LogP contribution in [0.15, 0.2) is 27.8 Å². The summed E-state index contributed by atoms with van der Waals surface area (Å²) in [5.41, 5.74) is 3.69. The van der Waals surface area contributed by atoms with Crippen molar-refractivity contribution in [2.45, 2.75) is 46.6 Å². The highest BCUT2D eigenvalue weighted by Crippen LogP contribution is 2.25. The van der Waals surface area contributed by atoms with E-state index in [9.17, 15) is 9.59 Å². The van der Waals surface area contributed by atoms with Gasteiger partial charge in [0.25, 0.3) is 5.91 Å². The fourth-order valence-corrected chi connectivity index (χ4v) is 2.40. The first-order valence-corrected chi connectivity index (χ1v) is 8.38. The smallest absolute Gasteiger partial charge is 0.277 e. The van der Waals surface area contributed by atoms with E-state index in [-0.39, 0.29) is 24.5 Å². The molecular formula is C17H24BrN3O3. The number of hydrazone groups is 1. The van der Waals surface area contributed by atoms with E-state index in [1.807, 2.05) is 39.8 Å². The zero-order chi connectivity index (χ0) is 18.3. The van der Waals surface area contributed by atoms with Gasteiger partial charge in [-0.25, -0.2) is 5.43 Å². The molecule has 24 heavy (non-hydrogen) atoms. The van der Waals surface area contributed by atoms with Gasteiger partial charge in [-0.1, -0.05) is 6.07 Å². The molecule has 2 amide bonds. The zero-order valence-electron chi connectivity index (χ0n) is 14.7. The van der Waals surface area contributed by atoms with Crippen molar-refractivity contribution in [3.63, 3.8) is 0 Å². The van der Waals surface area contributed by atoms with Gasteiger partial charge in [-0.2, -0.15) is 5.10 Å². The SMILES string of the molecule is C/C(CC(=O)NC(C)(C)C)=N/NC(=O)COc1ccc(C)cc1Br. The van der Waals surface area contributed by atoms with Crippen molar-refractivity contribution in [2.75, 3.05) is 6.61 Å². The molecule has 0 saturated heterocycles. The predicted octanol–water partition coefficient (Wildman–Crippen LogP) is 2.93. The number of nitrogens with one attached hydrogen (secondary N) is 2. The van der Waals surface area contributed by atoms with Crippen LogP contribution in [0, 0.1) is 6.92 Å². The minimum absolute atomic E-state index is 0.127. The van der Waals surface area contributed by atoms with Gasteiger partial charge in [-0.3, -0.25) is 9.59 Å². The van der Waals surface area contributed by atoms with Crippen LogP contribution >= 0.6 is 15.9 Å². The van der Waals surface area contributed by atoms with Crippen molar-refractivity contribution in [1.82, 2.24) is 10.7 Å². The maximum atomic E-state index is 11.8. The van der Waals surface area contributed by atoms with Crippen molar-refractivity contribution in [3.05, 3.63) is 28.2 Å². The molecule has 0 aliphatic carbocycles. The van der Waals surface area contributed by atoms with Crippen LogP contribution in [0.2, 0.25) is 0 Å². The third kappa shape index (κ3) is 8.10. The predicted molar refractivity (Wildman–Crippen MR) is 98.1 cm³/mol. The molecule has 0 atom stereocenters. The Balaban J connectivity index is 2.43. The van der Waals surface area contributed by atoms with Crippen LogP contribution in [0.4, 0.5) is 0 Å². The van der Waals surface area contributed by atoms with Crippen molar-refractivity contribution in [3.8, 4) is 5.75 Å². The van der Waals surface area contributed by atoms with Gasteiger partial charge in [0.15, 0.2) is 6.61 Å². The number of ether oxygens (including phenoxy) is 1. The van der Waals surface area contributed by atoms with E-state index in [4.69, 9.17) is 4.74 Å². The van der Waals surface area contributed by atoms with Crippen LogP contribution in [0.3, 0.4) is 0 Å². The standard InChI is InChI=1S/C17H24BrN3O3/c1-11-6-7-14(13(18)8-11)24-10-16(23)21-20-12(2)9-15(22)19-17(3,4)5/h6-8H,9-10H2,1-5H3,(H,19,22)(H,21,23)/b20-12-. The van der Waals surface area contributed by atoms with Gasteiger partial charge in [-0.05, 0) is 68.2 Å².